The van der Waals surface area contributed by atoms with Crippen LogP contribution in [0.15, 0.2) is 52.9 Å². The highest BCUT2D eigenvalue weighted by atomic mass is 16.5. The Morgan fingerprint density at radius 2 is 1.90 bits per heavy atom. The van der Waals surface area contributed by atoms with E-state index in [1.54, 1.807) is 24.3 Å². The Morgan fingerprint density at radius 1 is 1.14 bits per heavy atom. The number of pyridine rings is 1. The topological polar surface area (TPSA) is 96.1 Å². The third kappa shape index (κ3) is 3.94. The second-order valence-corrected chi connectivity index (χ2v) is 7.05. The van der Waals surface area contributed by atoms with Crippen LogP contribution in [0.2, 0.25) is 0 Å². The molecule has 0 spiro atoms. The summed E-state index contributed by atoms with van der Waals surface area (Å²) in [4.78, 5) is 33.3. The van der Waals surface area contributed by atoms with Crippen molar-refractivity contribution in [1.29, 1.82) is 0 Å². The molecule has 2 aliphatic rings. The molecule has 2 aromatic rings. The zero-order valence-corrected chi connectivity index (χ0v) is 16.0. The summed E-state index contributed by atoms with van der Waals surface area (Å²) in [5.41, 5.74) is 0.477. The average Bonchev–Trinajstić information content (AvgIpc) is 3.37. The minimum Gasteiger partial charge on any atom is -0.507 e. The van der Waals surface area contributed by atoms with Gasteiger partial charge in [0.1, 0.15) is 17.6 Å². The highest BCUT2D eigenvalue weighted by molar-refractivity contribution is 6.46. The van der Waals surface area contributed by atoms with E-state index in [-0.39, 0.29) is 11.3 Å². The zero-order chi connectivity index (χ0) is 20.2. The molecule has 0 bridgehead atoms. The molecule has 4 rings (SSSR count). The van der Waals surface area contributed by atoms with Crippen LogP contribution in [0.3, 0.4) is 0 Å². The number of nitrogens with zero attached hydrogens (tertiary/aromatic N) is 3. The maximum absolute atomic E-state index is 12.8. The Morgan fingerprint density at radius 3 is 2.59 bits per heavy atom. The number of ketones is 1. The maximum atomic E-state index is 12.8. The van der Waals surface area contributed by atoms with Gasteiger partial charge < -0.3 is 19.2 Å². The van der Waals surface area contributed by atoms with Gasteiger partial charge >= 0.3 is 0 Å². The number of aliphatic hydroxyl groups is 1. The summed E-state index contributed by atoms with van der Waals surface area (Å²) in [6, 6.07) is 5.87. The lowest BCUT2D eigenvalue weighted by atomic mass is 10.00. The fraction of sp³-hybridized carbons (Fsp3) is 0.381. The minimum absolute atomic E-state index is 0.0440. The number of amides is 1. The molecular weight excluding hydrogens is 374 g/mol. The van der Waals surface area contributed by atoms with Crippen LogP contribution < -0.4 is 0 Å². The molecule has 1 amide bonds. The van der Waals surface area contributed by atoms with Crippen molar-refractivity contribution in [3.05, 3.63) is 59.8 Å². The van der Waals surface area contributed by atoms with Gasteiger partial charge in [0.05, 0.1) is 25.1 Å². The van der Waals surface area contributed by atoms with E-state index in [1.165, 1.54) is 23.6 Å². The number of carbonyl (C=O) groups excluding carboxylic acids is 2. The highest BCUT2D eigenvalue weighted by Crippen LogP contribution is 2.39. The smallest absolute Gasteiger partial charge is 0.295 e. The van der Waals surface area contributed by atoms with Crippen LogP contribution in [0.1, 0.15) is 23.8 Å². The Kier molecular flexibility index (Phi) is 5.73. The molecule has 1 unspecified atom stereocenters. The molecule has 1 atom stereocenters. The molecule has 0 saturated carbocycles. The van der Waals surface area contributed by atoms with E-state index < -0.39 is 17.7 Å². The lowest BCUT2D eigenvalue weighted by molar-refractivity contribution is -0.140. The number of likely N-dealkylation sites (tertiary alicyclic amines) is 1. The molecule has 1 N–H and O–H groups in total. The van der Waals surface area contributed by atoms with Gasteiger partial charge in [0, 0.05) is 44.1 Å². The first-order chi connectivity index (χ1) is 14.2. The van der Waals surface area contributed by atoms with Crippen LogP contribution in [0, 0.1) is 0 Å². The number of ether oxygens (including phenoxy) is 1. The largest absolute Gasteiger partial charge is 0.507 e. The number of aliphatic hydroxyl groups excluding tert-OH is 1. The van der Waals surface area contributed by atoms with Gasteiger partial charge in [-0.2, -0.15) is 0 Å². The average molecular weight is 397 g/mol. The maximum Gasteiger partial charge on any atom is 0.295 e. The summed E-state index contributed by atoms with van der Waals surface area (Å²) in [6.07, 6.45) is 5.25. The van der Waals surface area contributed by atoms with E-state index in [2.05, 4.69) is 9.88 Å². The van der Waals surface area contributed by atoms with Crippen molar-refractivity contribution in [2.45, 2.75) is 12.5 Å². The van der Waals surface area contributed by atoms with Gasteiger partial charge in [0.2, 0.25) is 0 Å². The van der Waals surface area contributed by atoms with Crippen molar-refractivity contribution >= 4 is 17.4 Å². The third-order valence-corrected chi connectivity index (χ3v) is 5.28. The first kappa shape index (κ1) is 19.4. The molecule has 0 radical (unpaired) electrons. The van der Waals surface area contributed by atoms with E-state index in [9.17, 15) is 14.7 Å². The van der Waals surface area contributed by atoms with Crippen LogP contribution >= 0.6 is 0 Å². The van der Waals surface area contributed by atoms with Gasteiger partial charge in [-0.05, 0) is 30.7 Å². The highest BCUT2D eigenvalue weighted by Gasteiger charge is 2.47. The predicted molar refractivity (Wildman–Crippen MR) is 104 cm³/mol. The van der Waals surface area contributed by atoms with Crippen molar-refractivity contribution in [3.8, 4) is 0 Å². The monoisotopic (exact) mass is 397 g/mol. The number of hydrogen-bond donors (Lipinski definition) is 1. The Labute approximate surface area is 168 Å². The molecule has 8 nitrogen and oxygen atoms in total. The normalized spacial score (nSPS) is 22.3. The van der Waals surface area contributed by atoms with Gasteiger partial charge in [0.15, 0.2) is 0 Å². The van der Waals surface area contributed by atoms with Gasteiger partial charge in [-0.25, -0.2) is 0 Å². The fourth-order valence-electron chi connectivity index (χ4n) is 3.81. The number of aromatic nitrogens is 1. The predicted octanol–water partition coefficient (Wildman–Crippen LogP) is 1.82. The lowest BCUT2D eigenvalue weighted by Gasteiger charge is -2.28. The van der Waals surface area contributed by atoms with E-state index >= 15 is 0 Å². The number of furan rings is 1. The molecule has 2 aliphatic heterocycles. The van der Waals surface area contributed by atoms with Crippen molar-refractivity contribution < 1.29 is 23.8 Å². The van der Waals surface area contributed by atoms with Crippen molar-refractivity contribution in [3.63, 3.8) is 0 Å². The van der Waals surface area contributed by atoms with Gasteiger partial charge in [-0.3, -0.25) is 19.5 Å². The quantitative estimate of drug-likeness (QED) is 0.451. The zero-order valence-electron chi connectivity index (χ0n) is 16.0. The standard InChI is InChI=1S/C21H23N3O5/c25-19(15-4-6-22-7-5-15)17-18(16-3-1-12-29-16)24(21(27)20(17)26)9-2-8-23-10-13-28-14-11-23/h1,3-7,12,18,25H,2,8-11,13-14H2/b19-17+. The summed E-state index contributed by atoms with van der Waals surface area (Å²) < 4.78 is 10.9. The summed E-state index contributed by atoms with van der Waals surface area (Å²) in [6.45, 7) is 4.35. The second-order valence-electron chi connectivity index (χ2n) is 7.05. The molecule has 4 heterocycles. The summed E-state index contributed by atoms with van der Waals surface area (Å²) in [5, 5.41) is 10.8. The van der Waals surface area contributed by atoms with E-state index in [4.69, 9.17) is 9.15 Å². The molecule has 2 aromatic heterocycles. The van der Waals surface area contributed by atoms with Crippen LogP contribution in [-0.2, 0) is 14.3 Å². The lowest BCUT2D eigenvalue weighted by Crippen LogP contribution is -2.38. The van der Waals surface area contributed by atoms with Crippen LogP contribution in [0.25, 0.3) is 5.76 Å². The van der Waals surface area contributed by atoms with E-state index in [1.807, 2.05) is 0 Å². The van der Waals surface area contributed by atoms with Gasteiger partial charge in [-0.1, -0.05) is 0 Å². The Balaban J connectivity index is 1.60. The molecule has 2 saturated heterocycles. The third-order valence-electron chi connectivity index (χ3n) is 5.28. The van der Waals surface area contributed by atoms with Crippen molar-refractivity contribution in [2.75, 3.05) is 39.4 Å². The second kappa shape index (κ2) is 8.59. The van der Waals surface area contributed by atoms with E-state index in [0.29, 0.717) is 37.5 Å². The first-order valence-corrected chi connectivity index (χ1v) is 9.69. The Bertz CT molecular complexity index is 888. The summed E-state index contributed by atoms with van der Waals surface area (Å²) in [7, 11) is 0. The number of hydrogen-bond acceptors (Lipinski definition) is 7. The minimum atomic E-state index is -0.747. The summed E-state index contributed by atoms with van der Waals surface area (Å²) in [5.74, 6) is -1.09. The van der Waals surface area contributed by atoms with Crippen LogP contribution in [0.5, 0.6) is 0 Å². The SMILES string of the molecule is O=C1C(=O)N(CCCN2CCOCC2)C(c2ccco2)/C1=C(\O)c1ccncc1. The Hall–Kier alpha value is -2.97. The molecular formula is C21H23N3O5. The molecule has 152 valence electrons. The molecule has 29 heavy (non-hydrogen) atoms. The number of Topliss-reactive ketones (excluding diaryl/α,β-unsaturated/α-hetero) is 1. The number of carbonyl (C=O) groups is 2. The molecule has 2 fully saturated rings. The van der Waals surface area contributed by atoms with Crippen LogP contribution in [-0.4, -0.2) is 71.0 Å². The van der Waals surface area contributed by atoms with Crippen molar-refractivity contribution in [2.24, 2.45) is 0 Å². The number of rotatable bonds is 6. The van der Waals surface area contributed by atoms with Gasteiger partial charge in [-0.15, -0.1) is 0 Å². The fourth-order valence-corrected chi connectivity index (χ4v) is 3.81. The molecule has 8 heteroatoms. The number of morpholine rings is 1. The molecule has 0 aromatic carbocycles. The summed E-state index contributed by atoms with van der Waals surface area (Å²) >= 11 is 0. The van der Waals surface area contributed by atoms with E-state index in [0.717, 1.165) is 19.6 Å². The first-order valence-electron chi connectivity index (χ1n) is 9.69. The van der Waals surface area contributed by atoms with Gasteiger partial charge in [0.25, 0.3) is 11.7 Å². The molecule has 0 aliphatic carbocycles. The van der Waals surface area contributed by atoms with Crippen LogP contribution in [0.4, 0.5) is 0 Å². The van der Waals surface area contributed by atoms with Crippen molar-refractivity contribution in [1.82, 2.24) is 14.8 Å².